The van der Waals surface area contributed by atoms with E-state index in [4.69, 9.17) is 24.7 Å². The SMILES string of the molecule is CC1(C)O[C@H]2O[C@@H]3C(Cc4ccc5cc(F)c(N)nc5c4)[C@H](F)C[C@]3(OCc3ccccc3)[C@H]2O1. The van der Waals surface area contributed by atoms with Crippen LogP contribution < -0.4 is 5.73 Å². The van der Waals surface area contributed by atoms with Crippen LogP contribution in [0.3, 0.4) is 0 Å². The standard InChI is InChI=1S/C27H28F2N2O4/c1-26(2)34-23-25(35-26)33-22-18(10-16-8-9-17-12-19(28)24(30)31-21(17)11-16)20(29)13-27(22,23)32-14-15-6-4-3-5-7-15/h3-9,11-12,18,20,22-23,25H,10,13-14H2,1-2H3,(H2,30,31)/t18?,20-,22-,23+,25-,27-/m1/s1. The van der Waals surface area contributed by atoms with Crippen molar-refractivity contribution in [2.45, 2.75) is 69.4 Å². The van der Waals surface area contributed by atoms with Gasteiger partial charge in [0.15, 0.2) is 23.7 Å². The number of ether oxygens (including phenoxy) is 4. The monoisotopic (exact) mass is 482 g/mol. The molecule has 0 bridgehead atoms. The smallest absolute Gasteiger partial charge is 0.190 e. The highest BCUT2D eigenvalue weighted by Gasteiger charge is 2.70. The Balaban J connectivity index is 1.30. The third-order valence-corrected chi connectivity index (χ3v) is 7.35. The first kappa shape index (κ1) is 22.8. The van der Waals surface area contributed by atoms with Crippen molar-refractivity contribution in [3.8, 4) is 0 Å². The molecule has 2 N–H and O–H groups in total. The predicted octanol–water partition coefficient (Wildman–Crippen LogP) is 4.69. The Morgan fingerprint density at radius 2 is 1.86 bits per heavy atom. The van der Waals surface area contributed by atoms with E-state index in [2.05, 4.69) is 4.98 Å². The van der Waals surface area contributed by atoms with Gasteiger partial charge < -0.3 is 24.7 Å². The lowest BCUT2D eigenvalue weighted by atomic mass is 9.89. The number of hydrogen-bond donors (Lipinski definition) is 1. The fourth-order valence-electron chi connectivity index (χ4n) is 5.77. The van der Waals surface area contributed by atoms with Crippen molar-refractivity contribution in [2.24, 2.45) is 5.92 Å². The molecule has 3 aromatic rings. The summed E-state index contributed by atoms with van der Waals surface area (Å²) in [5.74, 6) is -2.02. The molecule has 1 aliphatic carbocycles. The average Bonchev–Trinajstić information content (AvgIpc) is 3.37. The molecule has 3 fully saturated rings. The van der Waals surface area contributed by atoms with Gasteiger partial charge in [-0.25, -0.2) is 13.8 Å². The molecule has 3 heterocycles. The zero-order valence-corrected chi connectivity index (χ0v) is 19.6. The summed E-state index contributed by atoms with van der Waals surface area (Å²) >= 11 is 0. The van der Waals surface area contributed by atoms with Gasteiger partial charge in [0.1, 0.15) is 17.9 Å². The number of anilines is 1. The molecular formula is C27H28F2N2O4. The number of pyridine rings is 1. The van der Waals surface area contributed by atoms with Gasteiger partial charge in [-0.3, -0.25) is 0 Å². The van der Waals surface area contributed by atoms with Crippen LogP contribution in [-0.4, -0.2) is 41.0 Å². The number of rotatable bonds is 5. The van der Waals surface area contributed by atoms with E-state index in [-0.39, 0.29) is 12.2 Å². The van der Waals surface area contributed by atoms with Crippen molar-refractivity contribution in [3.63, 3.8) is 0 Å². The molecule has 3 aliphatic rings. The fourth-order valence-corrected chi connectivity index (χ4v) is 5.77. The van der Waals surface area contributed by atoms with Crippen molar-refractivity contribution < 1.29 is 27.7 Å². The highest BCUT2D eigenvalue weighted by Crippen LogP contribution is 2.55. The Kier molecular flexibility index (Phi) is 5.34. The summed E-state index contributed by atoms with van der Waals surface area (Å²) in [6.07, 6.45) is -2.31. The van der Waals surface area contributed by atoms with Crippen LogP contribution in [-0.2, 0) is 32.0 Å². The quantitative estimate of drug-likeness (QED) is 0.569. The summed E-state index contributed by atoms with van der Waals surface area (Å²) < 4.78 is 54.5. The molecule has 6 nitrogen and oxygen atoms in total. The van der Waals surface area contributed by atoms with Gasteiger partial charge in [-0.05, 0) is 43.5 Å². The predicted molar refractivity (Wildman–Crippen MR) is 125 cm³/mol. The van der Waals surface area contributed by atoms with Crippen molar-refractivity contribution >= 4 is 16.7 Å². The zero-order chi connectivity index (χ0) is 24.4. The minimum atomic E-state index is -1.16. The molecule has 35 heavy (non-hydrogen) atoms. The van der Waals surface area contributed by atoms with E-state index < -0.39 is 47.8 Å². The average molecular weight is 483 g/mol. The number of fused-ring (bicyclic) bond motifs is 4. The van der Waals surface area contributed by atoms with Crippen LogP contribution in [0, 0.1) is 11.7 Å². The summed E-state index contributed by atoms with van der Waals surface area (Å²) in [5.41, 5.74) is 7.11. The minimum absolute atomic E-state index is 0.153. The fraction of sp³-hybridized carbons (Fsp3) is 0.444. The summed E-state index contributed by atoms with van der Waals surface area (Å²) in [7, 11) is 0. The molecular weight excluding hydrogens is 454 g/mol. The van der Waals surface area contributed by atoms with Gasteiger partial charge in [0, 0.05) is 17.7 Å². The van der Waals surface area contributed by atoms with Crippen LogP contribution in [0.4, 0.5) is 14.6 Å². The van der Waals surface area contributed by atoms with Gasteiger partial charge >= 0.3 is 0 Å². The molecule has 6 rings (SSSR count). The van der Waals surface area contributed by atoms with Crippen LogP contribution in [0.2, 0.25) is 0 Å². The van der Waals surface area contributed by atoms with Crippen LogP contribution in [0.25, 0.3) is 10.9 Å². The molecule has 2 saturated heterocycles. The number of nitrogens with zero attached hydrogens (tertiary/aromatic N) is 1. The first-order chi connectivity index (χ1) is 16.7. The maximum atomic E-state index is 15.7. The van der Waals surface area contributed by atoms with Gasteiger partial charge in [0.2, 0.25) is 0 Å². The zero-order valence-electron chi connectivity index (χ0n) is 19.6. The van der Waals surface area contributed by atoms with Crippen molar-refractivity contribution in [3.05, 3.63) is 71.5 Å². The maximum absolute atomic E-state index is 15.7. The molecule has 1 aromatic heterocycles. The number of aromatic nitrogens is 1. The number of hydrogen-bond acceptors (Lipinski definition) is 6. The van der Waals surface area contributed by atoms with E-state index in [9.17, 15) is 4.39 Å². The number of nitrogen functional groups attached to an aromatic ring is 1. The molecule has 1 unspecified atom stereocenters. The Hall–Kier alpha value is -2.65. The lowest BCUT2D eigenvalue weighted by Gasteiger charge is -2.34. The molecule has 0 amide bonds. The van der Waals surface area contributed by atoms with Crippen LogP contribution >= 0.6 is 0 Å². The molecule has 2 aromatic carbocycles. The molecule has 0 radical (unpaired) electrons. The number of benzene rings is 2. The van der Waals surface area contributed by atoms with Crippen LogP contribution in [0.5, 0.6) is 0 Å². The third-order valence-electron chi connectivity index (χ3n) is 7.35. The highest BCUT2D eigenvalue weighted by molar-refractivity contribution is 5.80. The Labute approximate surface area is 202 Å². The number of alkyl halides is 1. The summed E-state index contributed by atoms with van der Waals surface area (Å²) in [5, 5.41) is 0.639. The Morgan fingerprint density at radius 1 is 1.06 bits per heavy atom. The van der Waals surface area contributed by atoms with Crippen molar-refractivity contribution in [1.29, 1.82) is 0 Å². The second kappa shape index (κ2) is 8.20. The number of nitrogens with two attached hydrogens (primary N) is 1. The highest BCUT2D eigenvalue weighted by atomic mass is 19.1. The number of halogens is 2. The normalized spacial score (nSPS) is 33.2. The first-order valence-corrected chi connectivity index (χ1v) is 11.9. The van der Waals surface area contributed by atoms with Gasteiger partial charge in [0.05, 0.1) is 18.2 Å². The van der Waals surface area contributed by atoms with Gasteiger partial charge in [-0.15, -0.1) is 0 Å². The lowest BCUT2D eigenvalue weighted by Crippen LogP contribution is -2.49. The van der Waals surface area contributed by atoms with Gasteiger partial charge in [0.25, 0.3) is 0 Å². The molecule has 1 saturated carbocycles. The van der Waals surface area contributed by atoms with Crippen molar-refractivity contribution in [1.82, 2.24) is 4.98 Å². The molecule has 184 valence electrons. The maximum Gasteiger partial charge on any atom is 0.190 e. The molecule has 0 spiro atoms. The lowest BCUT2D eigenvalue weighted by molar-refractivity contribution is -0.237. The van der Waals surface area contributed by atoms with Crippen molar-refractivity contribution in [2.75, 3.05) is 5.73 Å². The van der Waals surface area contributed by atoms with E-state index >= 15 is 4.39 Å². The van der Waals surface area contributed by atoms with E-state index in [1.54, 1.807) is 6.07 Å². The second-order valence-electron chi connectivity index (χ2n) is 10.2. The largest absolute Gasteiger partial charge is 0.381 e. The first-order valence-electron chi connectivity index (χ1n) is 11.9. The Morgan fingerprint density at radius 3 is 2.66 bits per heavy atom. The summed E-state index contributed by atoms with van der Waals surface area (Å²) in [6.45, 7) is 3.97. The topological polar surface area (TPSA) is 75.8 Å². The van der Waals surface area contributed by atoms with Gasteiger partial charge in [-0.1, -0.05) is 42.5 Å². The summed E-state index contributed by atoms with van der Waals surface area (Å²) in [6, 6.07) is 16.6. The van der Waals surface area contributed by atoms with Crippen LogP contribution in [0.1, 0.15) is 31.4 Å². The third kappa shape index (κ3) is 3.89. The van der Waals surface area contributed by atoms with Crippen LogP contribution in [0.15, 0.2) is 54.6 Å². The second-order valence-corrected chi connectivity index (χ2v) is 10.2. The summed E-state index contributed by atoms with van der Waals surface area (Å²) in [4.78, 5) is 4.15. The van der Waals surface area contributed by atoms with E-state index in [1.807, 2.05) is 56.3 Å². The minimum Gasteiger partial charge on any atom is -0.381 e. The molecule has 8 heteroatoms. The van der Waals surface area contributed by atoms with E-state index in [0.717, 1.165) is 11.1 Å². The molecule has 2 aliphatic heterocycles. The van der Waals surface area contributed by atoms with E-state index in [0.29, 0.717) is 23.9 Å². The van der Waals surface area contributed by atoms with Gasteiger partial charge in [-0.2, -0.15) is 0 Å². The molecule has 6 atom stereocenters. The Bertz CT molecular complexity index is 1260. The van der Waals surface area contributed by atoms with E-state index in [1.165, 1.54) is 6.07 Å².